The quantitative estimate of drug-likeness (QED) is 0.687. The normalized spacial score (nSPS) is 16.4. The smallest absolute Gasteiger partial charge is 0.372 e. The molecule has 0 saturated carbocycles. The molecule has 0 heterocycles. The van der Waals surface area contributed by atoms with Gasteiger partial charge >= 0.3 is 6.18 Å². The van der Waals surface area contributed by atoms with E-state index < -0.39 is 17.5 Å². The zero-order valence-corrected chi connectivity index (χ0v) is 7.47. The zero-order valence-electron chi connectivity index (χ0n) is 7.47. The molecule has 0 bridgehead atoms. The van der Waals surface area contributed by atoms with Crippen molar-refractivity contribution < 1.29 is 18.3 Å². The topological polar surface area (TPSA) is 46.2 Å². The monoisotopic (exact) mass is 205 g/mol. The minimum absolute atomic E-state index is 0.326. The van der Waals surface area contributed by atoms with Crippen molar-refractivity contribution in [1.82, 2.24) is 0 Å². The summed E-state index contributed by atoms with van der Waals surface area (Å²) in [4.78, 5) is 0. The van der Waals surface area contributed by atoms with Gasteiger partial charge in [0.25, 0.3) is 0 Å². The van der Waals surface area contributed by atoms with Crippen LogP contribution in [0.3, 0.4) is 0 Å². The van der Waals surface area contributed by atoms with Crippen LogP contribution in [0, 0.1) is 0 Å². The minimum Gasteiger partial charge on any atom is -0.372 e. The fourth-order valence-electron chi connectivity index (χ4n) is 1.17. The molecule has 1 aromatic rings. The van der Waals surface area contributed by atoms with Gasteiger partial charge in [-0.05, 0) is 13.0 Å². The van der Waals surface area contributed by atoms with Crippen LogP contribution in [0.5, 0.6) is 0 Å². The Morgan fingerprint density at radius 3 is 1.86 bits per heavy atom. The molecule has 1 atom stereocenters. The Kier molecular flexibility index (Phi) is 2.56. The molecule has 0 fully saturated rings. The molecule has 14 heavy (non-hydrogen) atoms. The highest BCUT2D eigenvalue weighted by atomic mass is 19.4. The van der Waals surface area contributed by atoms with Gasteiger partial charge in [-0.15, -0.1) is 0 Å². The molecule has 0 aromatic heterocycles. The second kappa shape index (κ2) is 3.25. The third-order valence-corrected chi connectivity index (χ3v) is 1.78. The van der Waals surface area contributed by atoms with Crippen molar-refractivity contribution in [3.8, 4) is 0 Å². The molecule has 0 aliphatic heterocycles. The van der Waals surface area contributed by atoms with Crippen LogP contribution in [-0.4, -0.2) is 5.11 Å². The first kappa shape index (κ1) is 11.0. The van der Waals surface area contributed by atoms with E-state index in [2.05, 4.69) is 0 Å². The molecule has 0 amide bonds. The predicted molar refractivity (Wildman–Crippen MR) is 45.2 cm³/mol. The van der Waals surface area contributed by atoms with Crippen molar-refractivity contribution in [2.45, 2.75) is 18.8 Å². The molecular weight excluding hydrogens is 195 g/mol. The Morgan fingerprint density at radius 1 is 1.14 bits per heavy atom. The summed E-state index contributed by atoms with van der Waals surface area (Å²) in [6.45, 7) is 1.11. The number of hydrogen-bond acceptors (Lipinski definition) is 2. The van der Waals surface area contributed by atoms with E-state index in [1.54, 1.807) is 0 Å². The van der Waals surface area contributed by atoms with E-state index in [0.717, 1.165) is 19.1 Å². The maximum Gasteiger partial charge on any atom is 0.416 e. The summed E-state index contributed by atoms with van der Waals surface area (Å²) in [5, 5.41) is 9.31. The molecule has 3 N–H and O–H groups in total. The molecule has 0 aliphatic rings. The van der Waals surface area contributed by atoms with Gasteiger partial charge in [-0.1, -0.05) is 18.2 Å². The van der Waals surface area contributed by atoms with Crippen molar-refractivity contribution >= 4 is 0 Å². The number of alkyl halides is 3. The number of rotatable bonds is 1. The Morgan fingerprint density at radius 2 is 1.57 bits per heavy atom. The van der Waals surface area contributed by atoms with Crippen LogP contribution in [0.4, 0.5) is 13.2 Å². The van der Waals surface area contributed by atoms with Gasteiger partial charge in [0.2, 0.25) is 0 Å². The molecule has 2 nitrogen and oxygen atoms in total. The molecule has 0 spiro atoms. The van der Waals surface area contributed by atoms with Crippen molar-refractivity contribution in [1.29, 1.82) is 0 Å². The summed E-state index contributed by atoms with van der Waals surface area (Å²) in [5.41, 5.74) is 1.99. The number of aliphatic hydroxyl groups is 1. The van der Waals surface area contributed by atoms with Gasteiger partial charge in [0.15, 0.2) is 0 Å². The first-order chi connectivity index (χ1) is 6.23. The maximum absolute atomic E-state index is 12.4. The Hall–Kier alpha value is -1.07. The van der Waals surface area contributed by atoms with Crippen LogP contribution in [-0.2, 0) is 11.9 Å². The molecule has 1 rings (SSSR count). The van der Waals surface area contributed by atoms with Crippen LogP contribution < -0.4 is 5.73 Å². The van der Waals surface area contributed by atoms with E-state index in [1.165, 1.54) is 12.1 Å². The predicted octanol–water partition coefficient (Wildman–Crippen LogP) is 1.83. The molecule has 1 unspecified atom stereocenters. The van der Waals surface area contributed by atoms with Gasteiger partial charge in [0.05, 0.1) is 5.56 Å². The molecule has 1 aromatic carbocycles. The van der Waals surface area contributed by atoms with E-state index in [0.29, 0.717) is 0 Å². The number of hydrogen-bond donors (Lipinski definition) is 2. The van der Waals surface area contributed by atoms with Crippen LogP contribution in [0.1, 0.15) is 18.1 Å². The van der Waals surface area contributed by atoms with Crippen molar-refractivity contribution in [3.63, 3.8) is 0 Å². The largest absolute Gasteiger partial charge is 0.416 e. The lowest BCUT2D eigenvalue weighted by Gasteiger charge is -2.22. The Bertz CT molecular complexity index is 295. The number of benzene rings is 1. The van der Waals surface area contributed by atoms with Gasteiger partial charge < -0.3 is 10.8 Å². The Balaban J connectivity index is 3.31. The highest BCUT2D eigenvalue weighted by molar-refractivity contribution is 5.33. The first-order valence-corrected chi connectivity index (χ1v) is 3.91. The average Bonchev–Trinajstić information content (AvgIpc) is 2.01. The number of nitrogens with two attached hydrogens (primary N) is 1. The second-order valence-corrected chi connectivity index (χ2v) is 3.19. The molecule has 0 saturated heterocycles. The SMILES string of the molecule is CC(N)(O)c1ccccc1C(F)(F)F. The van der Waals surface area contributed by atoms with Crippen LogP contribution in [0.2, 0.25) is 0 Å². The highest BCUT2D eigenvalue weighted by Gasteiger charge is 2.36. The van der Waals surface area contributed by atoms with E-state index in [1.807, 2.05) is 0 Å². The highest BCUT2D eigenvalue weighted by Crippen LogP contribution is 2.34. The van der Waals surface area contributed by atoms with Crippen molar-refractivity contribution in [2.75, 3.05) is 0 Å². The summed E-state index contributed by atoms with van der Waals surface area (Å²) in [6.07, 6.45) is -4.50. The molecule has 78 valence electrons. The van der Waals surface area contributed by atoms with Crippen molar-refractivity contribution in [2.24, 2.45) is 5.73 Å². The van der Waals surface area contributed by atoms with Crippen LogP contribution in [0.25, 0.3) is 0 Å². The van der Waals surface area contributed by atoms with E-state index in [-0.39, 0.29) is 5.56 Å². The fourth-order valence-corrected chi connectivity index (χ4v) is 1.17. The van der Waals surface area contributed by atoms with Gasteiger partial charge in [0.1, 0.15) is 5.72 Å². The van der Waals surface area contributed by atoms with Gasteiger partial charge in [-0.3, -0.25) is 0 Å². The zero-order chi connectivity index (χ0) is 11.0. The lowest BCUT2D eigenvalue weighted by atomic mass is 9.99. The summed E-state index contributed by atoms with van der Waals surface area (Å²) in [7, 11) is 0. The standard InChI is InChI=1S/C9H10F3NO/c1-8(13,14)6-4-2-3-5-7(6)9(10,11)12/h2-5,14H,13H2,1H3. The molecule has 0 aliphatic carbocycles. The van der Waals surface area contributed by atoms with E-state index in [9.17, 15) is 18.3 Å². The lowest BCUT2D eigenvalue weighted by molar-refractivity contribution is -0.140. The molecular formula is C9H10F3NO. The molecule has 5 heteroatoms. The summed E-state index contributed by atoms with van der Waals surface area (Å²) in [6, 6.07) is 4.68. The van der Waals surface area contributed by atoms with Gasteiger partial charge in [-0.2, -0.15) is 13.2 Å². The third-order valence-electron chi connectivity index (χ3n) is 1.78. The van der Waals surface area contributed by atoms with Crippen LogP contribution in [0.15, 0.2) is 24.3 Å². The minimum atomic E-state index is -4.50. The third kappa shape index (κ3) is 2.24. The lowest BCUT2D eigenvalue weighted by Crippen LogP contribution is -2.34. The van der Waals surface area contributed by atoms with Crippen LogP contribution >= 0.6 is 0 Å². The number of halogens is 3. The van der Waals surface area contributed by atoms with E-state index >= 15 is 0 Å². The summed E-state index contributed by atoms with van der Waals surface area (Å²) < 4.78 is 37.2. The maximum atomic E-state index is 12.4. The Labute approximate surface area is 79.2 Å². The summed E-state index contributed by atoms with van der Waals surface area (Å²) >= 11 is 0. The second-order valence-electron chi connectivity index (χ2n) is 3.19. The summed E-state index contributed by atoms with van der Waals surface area (Å²) in [5.74, 6) is 0. The molecule has 0 radical (unpaired) electrons. The first-order valence-electron chi connectivity index (χ1n) is 3.91. The van der Waals surface area contributed by atoms with Gasteiger partial charge in [-0.25, -0.2) is 0 Å². The van der Waals surface area contributed by atoms with E-state index in [4.69, 9.17) is 5.73 Å². The van der Waals surface area contributed by atoms with Crippen molar-refractivity contribution in [3.05, 3.63) is 35.4 Å². The average molecular weight is 205 g/mol. The fraction of sp³-hybridized carbons (Fsp3) is 0.333. The van der Waals surface area contributed by atoms with Gasteiger partial charge in [0, 0.05) is 5.56 Å².